The van der Waals surface area contributed by atoms with Gasteiger partial charge in [0.05, 0.1) is 0 Å². The number of aryl methyl sites for hydroxylation is 6. The first kappa shape index (κ1) is 61.4. The molecule has 0 unspecified atom stereocenters. The molecule has 0 N–H and O–H groups in total. The van der Waals surface area contributed by atoms with Crippen molar-refractivity contribution >= 4 is 0 Å². The summed E-state index contributed by atoms with van der Waals surface area (Å²) in [6.07, 6.45) is 32.3. The van der Waals surface area contributed by atoms with E-state index in [1.54, 1.807) is 0 Å². The molecule has 3 heterocycles. The fourth-order valence-corrected chi connectivity index (χ4v) is 10.3. The summed E-state index contributed by atoms with van der Waals surface area (Å²) in [6.45, 7) is 13.3. The minimum absolute atomic E-state index is 1.08. The van der Waals surface area contributed by atoms with E-state index in [2.05, 4.69) is 238 Å². The first-order valence-corrected chi connectivity index (χ1v) is 31.3. The quantitative estimate of drug-likeness (QED) is 0.0482. The zero-order chi connectivity index (χ0) is 56.7. The van der Waals surface area contributed by atoms with Gasteiger partial charge in [0.2, 0.25) is 0 Å². The van der Waals surface area contributed by atoms with Gasteiger partial charge in [-0.3, -0.25) is 15.0 Å². The Morgan fingerprint density at radius 2 is 0.383 bits per heavy atom. The molecule has 81 heavy (non-hydrogen) atoms. The standard InChI is InChI=1S/C27H33N.C26H31N.C25H29N/c1-3-5-6-7-8-9-10-27-20-19-26(21-28-27)25-17-15-24(16-18-25)23-13-11-22(4-2)12-14-23;1-3-5-6-7-8-9-26-19-18-25(20-27-26)24-16-14-23(15-17-24)22-12-10-21(4-2)11-13-22;1-3-5-6-7-8-25-18-17-24(19-26-25)23-15-13-22(14-16-23)21-11-9-20(4-2)10-12-21/h11-21H,3-10H2,1-2H3;10-20H,3-9H2,1-2H3;9-19H,3-8H2,1-2H3. The number of unbranched alkanes of at least 4 members (excludes halogenated alkanes) is 12. The van der Waals surface area contributed by atoms with Crippen molar-refractivity contribution in [2.24, 2.45) is 0 Å². The van der Waals surface area contributed by atoms with Crippen LogP contribution in [0.5, 0.6) is 0 Å². The number of benzene rings is 6. The number of pyridine rings is 3. The van der Waals surface area contributed by atoms with Crippen LogP contribution in [0.4, 0.5) is 0 Å². The lowest BCUT2D eigenvalue weighted by Gasteiger charge is -2.07. The zero-order valence-electron chi connectivity index (χ0n) is 50.2. The summed E-state index contributed by atoms with van der Waals surface area (Å²) in [5.41, 5.74) is 22.6. The number of aromatic nitrogens is 3. The summed E-state index contributed by atoms with van der Waals surface area (Å²) in [6, 6.07) is 66.2. The van der Waals surface area contributed by atoms with E-state index in [4.69, 9.17) is 0 Å². The van der Waals surface area contributed by atoms with Crippen LogP contribution in [0, 0.1) is 0 Å². The summed E-state index contributed by atoms with van der Waals surface area (Å²) in [5, 5.41) is 0. The Bertz CT molecular complexity index is 3080. The minimum atomic E-state index is 1.08. The Kier molecular flexibility index (Phi) is 26.4. The van der Waals surface area contributed by atoms with Crippen LogP contribution in [0.15, 0.2) is 201 Å². The maximum absolute atomic E-state index is 4.69. The van der Waals surface area contributed by atoms with E-state index in [1.165, 1.54) is 197 Å². The summed E-state index contributed by atoms with van der Waals surface area (Å²) in [4.78, 5) is 14.0. The molecule has 0 spiro atoms. The lowest BCUT2D eigenvalue weighted by atomic mass is 9.99. The highest BCUT2D eigenvalue weighted by Crippen LogP contribution is 2.29. The SMILES string of the molecule is CCCCCCCCc1ccc(-c2ccc(-c3ccc(CC)cc3)cc2)cn1.CCCCCCCc1ccc(-c2ccc(-c3ccc(CC)cc3)cc2)cn1.CCCCCCc1ccc(-c2ccc(-c3ccc(CC)cc3)cc2)cn1. The van der Waals surface area contributed by atoms with Crippen molar-refractivity contribution in [1.82, 2.24) is 15.0 Å². The summed E-state index contributed by atoms with van der Waals surface area (Å²) in [7, 11) is 0. The molecule has 0 amide bonds. The van der Waals surface area contributed by atoms with Crippen molar-refractivity contribution in [2.75, 3.05) is 0 Å². The zero-order valence-corrected chi connectivity index (χ0v) is 50.2. The van der Waals surface area contributed by atoms with E-state index >= 15 is 0 Å². The van der Waals surface area contributed by atoms with Crippen LogP contribution in [0.25, 0.3) is 66.8 Å². The molecule has 420 valence electrons. The monoisotopic (exact) mass is 1070 g/mol. The molecule has 0 aliphatic rings. The van der Waals surface area contributed by atoms with Gasteiger partial charge >= 0.3 is 0 Å². The highest BCUT2D eigenvalue weighted by atomic mass is 14.7. The lowest BCUT2D eigenvalue weighted by molar-refractivity contribution is 0.605. The van der Waals surface area contributed by atoms with Gasteiger partial charge in [0.25, 0.3) is 0 Å². The highest BCUT2D eigenvalue weighted by molar-refractivity contribution is 5.73. The Labute approximate surface area is 489 Å². The third-order valence-corrected chi connectivity index (χ3v) is 15.8. The molecule has 0 saturated heterocycles. The van der Waals surface area contributed by atoms with Crippen LogP contribution in [-0.4, -0.2) is 15.0 Å². The summed E-state index contributed by atoms with van der Waals surface area (Å²) >= 11 is 0. The van der Waals surface area contributed by atoms with Gasteiger partial charge in [-0.1, -0.05) is 282 Å². The van der Waals surface area contributed by atoms with E-state index in [1.807, 2.05) is 18.6 Å². The van der Waals surface area contributed by atoms with Gasteiger partial charge in [-0.15, -0.1) is 0 Å². The van der Waals surface area contributed by atoms with E-state index in [0.29, 0.717) is 0 Å². The summed E-state index contributed by atoms with van der Waals surface area (Å²) in [5.74, 6) is 0. The Balaban J connectivity index is 0.000000175. The predicted molar refractivity (Wildman–Crippen MR) is 351 cm³/mol. The summed E-state index contributed by atoms with van der Waals surface area (Å²) < 4.78 is 0. The second-order valence-electron chi connectivity index (χ2n) is 22.0. The molecule has 9 aromatic rings. The van der Waals surface area contributed by atoms with Crippen molar-refractivity contribution in [1.29, 1.82) is 0 Å². The molecular formula is C78H93N3. The molecule has 0 aliphatic heterocycles. The molecular weight excluding hydrogens is 979 g/mol. The first-order chi connectivity index (χ1) is 39.9. The molecule has 0 aliphatic carbocycles. The molecule has 3 heteroatoms. The molecule has 0 saturated carbocycles. The van der Waals surface area contributed by atoms with Gasteiger partial charge in [-0.25, -0.2) is 0 Å². The Morgan fingerprint density at radius 3 is 0.593 bits per heavy atom. The second kappa shape index (κ2) is 34.8. The lowest BCUT2D eigenvalue weighted by Crippen LogP contribution is -1.91. The van der Waals surface area contributed by atoms with Crippen molar-refractivity contribution in [2.45, 2.75) is 176 Å². The Morgan fingerprint density at radius 1 is 0.198 bits per heavy atom. The average Bonchev–Trinajstić information content (AvgIpc) is 3.55. The van der Waals surface area contributed by atoms with Crippen molar-refractivity contribution in [3.05, 3.63) is 234 Å². The third-order valence-electron chi connectivity index (χ3n) is 15.8. The smallest absolute Gasteiger partial charge is 0.0404 e. The molecule has 0 atom stereocenters. The predicted octanol–water partition coefficient (Wildman–Crippen LogP) is 22.5. The second-order valence-corrected chi connectivity index (χ2v) is 22.0. The first-order valence-electron chi connectivity index (χ1n) is 31.3. The van der Waals surface area contributed by atoms with Crippen LogP contribution in [0.2, 0.25) is 0 Å². The van der Waals surface area contributed by atoms with E-state index in [-0.39, 0.29) is 0 Å². The van der Waals surface area contributed by atoms with E-state index in [0.717, 1.165) is 38.5 Å². The number of rotatable bonds is 27. The van der Waals surface area contributed by atoms with Crippen molar-refractivity contribution in [3.8, 4) is 66.8 Å². The normalized spacial score (nSPS) is 10.9. The average molecular weight is 1070 g/mol. The Hall–Kier alpha value is -7.23. The molecule has 3 aromatic heterocycles. The van der Waals surface area contributed by atoms with Gasteiger partial charge in [0, 0.05) is 52.4 Å². The van der Waals surface area contributed by atoms with E-state index < -0.39 is 0 Å². The number of nitrogens with zero attached hydrogens (tertiary/aromatic N) is 3. The highest BCUT2D eigenvalue weighted by Gasteiger charge is 2.07. The van der Waals surface area contributed by atoms with Gasteiger partial charge in [-0.05, 0) is 143 Å². The van der Waals surface area contributed by atoms with E-state index in [9.17, 15) is 0 Å². The maximum Gasteiger partial charge on any atom is 0.0404 e. The fraction of sp³-hybridized carbons (Fsp3) is 0.346. The van der Waals surface area contributed by atoms with Gasteiger partial charge in [0.1, 0.15) is 0 Å². The largest absolute Gasteiger partial charge is 0.261 e. The third kappa shape index (κ3) is 20.4. The van der Waals surface area contributed by atoms with Gasteiger partial charge in [-0.2, -0.15) is 0 Å². The van der Waals surface area contributed by atoms with Crippen LogP contribution in [-0.2, 0) is 38.5 Å². The van der Waals surface area contributed by atoms with Crippen LogP contribution in [0.3, 0.4) is 0 Å². The number of hydrogen-bond donors (Lipinski definition) is 0. The van der Waals surface area contributed by atoms with Crippen LogP contribution >= 0.6 is 0 Å². The van der Waals surface area contributed by atoms with Crippen LogP contribution in [0.1, 0.15) is 172 Å². The van der Waals surface area contributed by atoms with Crippen molar-refractivity contribution < 1.29 is 0 Å². The molecule has 0 fully saturated rings. The molecule has 6 aromatic carbocycles. The molecule has 0 radical (unpaired) electrons. The number of hydrogen-bond acceptors (Lipinski definition) is 3. The van der Waals surface area contributed by atoms with Crippen LogP contribution < -0.4 is 0 Å². The minimum Gasteiger partial charge on any atom is -0.261 e. The van der Waals surface area contributed by atoms with Crippen molar-refractivity contribution in [3.63, 3.8) is 0 Å². The molecule has 9 rings (SSSR count). The maximum atomic E-state index is 4.69. The molecule has 0 bridgehead atoms. The fourth-order valence-electron chi connectivity index (χ4n) is 10.3. The van der Waals surface area contributed by atoms with Gasteiger partial charge < -0.3 is 0 Å². The molecule has 3 nitrogen and oxygen atoms in total. The topological polar surface area (TPSA) is 38.7 Å². The van der Waals surface area contributed by atoms with Gasteiger partial charge in [0.15, 0.2) is 0 Å².